The van der Waals surface area contributed by atoms with Gasteiger partial charge < -0.3 is 15.2 Å². The van der Waals surface area contributed by atoms with Crippen LogP contribution in [0.1, 0.15) is 37.8 Å². The largest absolute Gasteiger partial charge is 0.496 e. The van der Waals surface area contributed by atoms with Crippen LogP contribution in [-0.4, -0.2) is 25.4 Å². The Hall–Kier alpha value is -1.06. The molecule has 1 fully saturated rings. The zero-order valence-electron chi connectivity index (χ0n) is 11.9. The fourth-order valence-electron chi connectivity index (χ4n) is 3.08. The van der Waals surface area contributed by atoms with Gasteiger partial charge in [-0.1, -0.05) is 24.6 Å². The van der Waals surface area contributed by atoms with Crippen molar-refractivity contribution in [3.8, 4) is 5.75 Å². The fraction of sp³-hybridized carbons (Fsp3) is 0.625. The van der Waals surface area contributed by atoms with Crippen molar-refractivity contribution < 1.29 is 9.84 Å². The molecule has 2 rings (SSSR count). The quantitative estimate of drug-likeness (QED) is 0.829. The van der Waals surface area contributed by atoms with Gasteiger partial charge in [-0.3, -0.25) is 0 Å². The van der Waals surface area contributed by atoms with E-state index in [1.807, 2.05) is 18.2 Å². The number of para-hydroxylation sites is 1. The second-order valence-electron chi connectivity index (χ2n) is 5.51. The van der Waals surface area contributed by atoms with E-state index in [2.05, 4.69) is 18.3 Å². The maximum absolute atomic E-state index is 9.35. The zero-order chi connectivity index (χ0) is 13.7. The van der Waals surface area contributed by atoms with Gasteiger partial charge in [0.1, 0.15) is 5.75 Å². The van der Waals surface area contributed by atoms with Crippen molar-refractivity contribution in [3.63, 3.8) is 0 Å². The maximum Gasteiger partial charge on any atom is 0.123 e. The Kier molecular flexibility index (Phi) is 5.23. The monoisotopic (exact) mass is 263 g/mol. The van der Waals surface area contributed by atoms with E-state index in [1.165, 1.54) is 24.8 Å². The van der Waals surface area contributed by atoms with E-state index in [1.54, 1.807) is 7.11 Å². The minimum atomic E-state index is 0.274. The van der Waals surface area contributed by atoms with Crippen LogP contribution in [0.15, 0.2) is 24.3 Å². The summed E-state index contributed by atoms with van der Waals surface area (Å²) in [5, 5.41) is 12.9. The number of benzene rings is 1. The Morgan fingerprint density at radius 1 is 1.32 bits per heavy atom. The lowest BCUT2D eigenvalue weighted by molar-refractivity contribution is 0.190. The third-order valence-corrected chi connectivity index (χ3v) is 4.34. The lowest BCUT2D eigenvalue weighted by Gasteiger charge is -2.22. The Bertz CT molecular complexity index is 394. The van der Waals surface area contributed by atoms with Crippen molar-refractivity contribution in [1.29, 1.82) is 0 Å². The third-order valence-electron chi connectivity index (χ3n) is 4.34. The molecule has 1 aromatic carbocycles. The van der Waals surface area contributed by atoms with Crippen LogP contribution < -0.4 is 10.1 Å². The summed E-state index contributed by atoms with van der Waals surface area (Å²) in [6, 6.07) is 8.42. The number of ether oxygens (including phenoxy) is 1. The smallest absolute Gasteiger partial charge is 0.123 e. The van der Waals surface area contributed by atoms with Crippen LogP contribution in [0.2, 0.25) is 0 Å². The molecule has 1 saturated carbocycles. The van der Waals surface area contributed by atoms with Crippen LogP contribution in [0.25, 0.3) is 0 Å². The molecule has 0 spiro atoms. The summed E-state index contributed by atoms with van der Waals surface area (Å²) in [4.78, 5) is 0. The predicted octanol–water partition coefficient (Wildman–Crippen LogP) is 2.75. The summed E-state index contributed by atoms with van der Waals surface area (Å²) in [7, 11) is 1.71. The Balaban J connectivity index is 1.92. The van der Waals surface area contributed by atoms with Crippen LogP contribution in [0.3, 0.4) is 0 Å². The van der Waals surface area contributed by atoms with Gasteiger partial charge in [-0.15, -0.1) is 0 Å². The second-order valence-corrected chi connectivity index (χ2v) is 5.51. The molecule has 3 heteroatoms. The number of rotatable bonds is 6. The molecule has 0 aromatic heterocycles. The van der Waals surface area contributed by atoms with Crippen LogP contribution in [0, 0.1) is 11.8 Å². The van der Waals surface area contributed by atoms with Gasteiger partial charge in [0.2, 0.25) is 0 Å². The summed E-state index contributed by atoms with van der Waals surface area (Å²) >= 11 is 0. The van der Waals surface area contributed by atoms with E-state index in [0.29, 0.717) is 18.4 Å². The first-order valence-electron chi connectivity index (χ1n) is 7.23. The summed E-state index contributed by atoms with van der Waals surface area (Å²) in [6.07, 6.45) is 3.66. The molecule has 0 amide bonds. The highest BCUT2D eigenvalue weighted by Gasteiger charge is 2.26. The number of methoxy groups -OCH3 is 1. The van der Waals surface area contributed by atoms with Gasteiger partial charge >= 0.3 is 0 Å². The van der Waals surface area contributed by atoms with E-state index in [0.717, 1.165) is 12.3 Å². The standard InChI is InChI=1S/C16H25NO2/c1-12(15-8-3-4-9-16(15)19-2)17-10-13-6-5-7-14(13)11-18/h3-4,8-9,12-14,17-18H,5-7,10-11H2,1-2H3. The molecule has 2 N–H and O–H groups in total. The lowest BCUT2D eigenvalue weighted by Crippen LogP contribution is -2.29. The highest BCUT2D eigenvalue weighted by atomic mass is 16.5. The van der Waals surface area contributed by atoms with E-state index < -0.39 is 0 Å². The molecule has 1 aromatic rings. The summed E-state index contributed by atoms with van der Waals surface area (Å²) < 4.78 is 5.40. The van der Waals surface area contributed by atoms with E-state index in [9.17, 15) is 5.11 Å². The van der Waals surface area contributed by atoms with Crippen LogP contribution in [0.4, 0.5) is 0 Å². The van der Waals surface area contributed by atoms with Crippen molar-refractivity contribution in [3.05, 3.63) is 29.8 Å². The average molecular weight is 263 g/mol. The summed E-state index contributed by atoms with van der Waals surface area (Å²) in [5.41, 5.74) is 1.20. The molecule has 0 aliphatic heterocycles. The lowest BCUT2D eigenvalue weighted by atomic mass is 9.96. The van der Waals surface area contributed by atoms with Crippen molar-refractivity contribution in [2.45, 2.75) is 32.2 Å². The highest BCUT2D eigenvalue weighted by molar-refractivity contribution is 5.35. The van der Waals surface area contributed by atoms with Crippen LogP contribution in [0.5, 0.6) is 5.75 Å². The molecule has 19 heavy (non-hydrogen) atoms. The van der Waals surface area contributed by atoms with Gasteiger partial charge in [-0.25, -0.2) is 0 Å². The second kappa shape index (κ2) is 6.92. The third kappa shape index (κ3) is 3.48. The van der Waals surface area contributed by atoms with E-state index in [-0.39, 0.29) is 6.04 Å². The summed E-state index contributed by atoms with van der Waals surface area (Å²) in [6.45, 7) is 3.47. The Morgan fingerprint density at radius 3 is 2.79 bits per heavy atom. The van der Waals surface area contributed by atoms with Gasteiger partial charge in [-0.2, -0.15) is 0 Å². The first-order valence-corrected chi connectivity index (χ1v) is 7.23. The van der Waals surface area contributed by atoms with Crippen molar-refractivity contribution >= 4 is 0 Å². The molecule has 1 aliphatic rings. The van der Waals surface area contributed by atoms with Gasteiger partial charge in [0, 0.05) is 18.2 Å². The topological polar surface area (TPSA) is 41.5 Å². The van der Waals surface area contributed by atoms with Crippen molar-refractivity contribution in [2.75, 3.05) is 20.3 Å². The molecule has 0 saturated heterocycles. The van der Waals surface area contributed by atoms with E-state index >= 15 is 0 Å². The molecule has 3 atom stereocenters. The van der Waals surface area contributed by atoms with Crippen LogP contribution in [-0.2, 0) is 0 Å². The van der Waals surface area contributed by atoms with Crippen molar-refractivity contribution in [1.82, 2.24) is 5.32 Å². The average Bonchev–Trinajstić information content (AvgIpc) is 2.92. The molecule has 0 heterocycles. The predicted molar refractivity (Wildman–Crippen MR) is 77.3 cm³/mol. The van der Waals surface area contributed by atoms with Crippen molar-refractivity contribution in [2.24, 2.45) is 11.8 Å². The van der Waals surface area contributed by atoms with Gasteiger partial charge in [0.05, 0.1) is 7.11 Å². The Morgan fingerprint density at radius 2 is 2.05 bits per heavy atom. The minimum absolute atomic E-state index is 0.274. The number of aliphatic hydroxyl groups excluding tert-OH is 1. The summed E-state index contributed by atoms with van der Waals surface area (Å²) in [5.74, 6) is 2.03. The minimum Gasteiger partial charge on any atom is -0.496 e. The molecule has 0 bridgehead atoms. The molecular weight excluding hydrogens is 238 g/mol. The SMILES string of the molecule is COc1ccccc1C(C)NCC1CCCC1CO. The molecule has 1 aliphatic carbocycles. The number of nitrogens with one attached hydrogen (secondary N) is 1. The fourth-order valence-corrected chi connectivity index (χ4v) is 3.08. The van der Waals surface area contributed by atoms with Gasteiger partial charge in [0.15, 0.2) is 0 Å². The van der Waals surface area contributed by atoms with Gasteiger partial charge in [0.25, 0.3) is 0 Å². The molecular formula is C16H25NO2. The molecule has 0 radical (unpaired) electrons. The number of hydrogen-bond donors (Lipinski definition) is 2. The molecule has 106 valence electrons. The number of aliphatic hydroxyl groups is 1. The van der Waals surface area contributed by atoms with E-state index in [4.69, 9.17) is 4.74 Å². The number of hydrogen-bond acceptors (Lipinski definition) is 3. The normalized spacial score (nSPS) is 24.4. The Labute approximate surface area is 116 Å². The first-order chi connectivity index (χ1) is 9.26. The maximum atomic E-state index is 9.35. The first kappa shape index (κ1) is 14.4. The molecule has 3 nitrogen and oxygen atoms in total. The zero-order valence-corrected chi connectivity index (χ0v) is 11.9. The van der Waals surface area contributed by atoms with Gasteiger partial charge in [-0.05, 0) is 44.2 Å². The van der Waals surface area contributed by atoms with Crippen LogP contribution >= 0.6 is 0 Å². The molecule has 3 unspecified atom stereocenters. The highest BCUT2D eigenvalue weighted by Crippen LogP contribution is 2.31.